The van der Waals surface area contributed by atoms with Gasteiger partial charge in [-0.25, -0.2) is 4.79 Å². The smallest absolute Gasteiger partial charge is 0.349 e. The van der Waals surface area contributed by atoms with Gasteiger partial charge in [0.05, 0.1) is 11.9 Å². The topological polar surface area (TPSA) is 54.9 Å². The van der Waals surface area contributed by atoms with Crippen molar-refractivity contribution in [1.82, 2.24) is 0 Å². The van der Waals surface area contributed by atoms with Gasteiger partial charge >= 0.3 is 5.63 Å². The first-order valence-electron chi connectivity index (χ1n) is 7.86. The molecule has 2 N–H and O–H groups in total. The van der Waals surface area contributed by atoms with Crippen molar-refractivity contribution >= 4 is 11.0 Å². The predicted molar refractivity (Wildman–Crippen MR) is 87.5 cm³/mol. The number of benzene rings is 2. The molecule has 0 spiro atoms. The molecule has 116 valence electrons. The summed E-state index contributed by atoms with van der Waals surface area (Å²) in [6.07, 6.45) is 0.991. The van der Waals surface area contributed by atoms with Crippen molar-refractivity contribution in [3.63, 3.8) is 0 Å². The SMILES string of the molecule is O=c1oc2ccccc2c(O)c1C[NH+]1CCc2ccccc2C1. The Kier molecular flexibility index (Phi) is 3.39. The van der Waals surface area contributed by atoms with Crippen LogP contribution in [0.4, 0.5) is 0 Å². The van der Waals surface area contributed by atoms with E-state index in [1.165, 1.54) is 16.0 Å². The summed E-state index contributed by atoms with van der Waals surface area (Å²) < 4.78 is 5.36. The maximum Gasteiger partial charge on any atom is 0.349 e. The monoisotopic (exact) mass is 308 g/mol. The van der Waals surface area contributed by atoms with E-state index in [4.69, 9.17) is 4.42 Å². The molecule has 1 unspecified atom stereocenters. The van der Waals surface area contributed by atoms with Gasteiger partial charge in [0.2, 0.25) is 0 Å². The average Bonchev–Trinajstić information content (AvgIpc) is 2.58. The molecule has 0 radical (unpaired) electrons. The molecular formula is C19H18NO3+. The van der Waals surface area contributed by atoms with E-state index in [1.54, 1.807) is 18.2 Å². The summed E-state index contributed by atoms with van der Waals surface area (Å²) in [5.41, 5.74) is 3.06. The molecule has 0 amide bonds. The Hall–Kier alpha value is -2.59. The number of para-hydroxylation sites is 1. The van der Waals surface area contributed by atoms with Crippen LogP contribution < -0.4 is 10.5 Å². The summed E-state index contributed by atoms with van der Waals surface area (Å²) in [6.45, 7) is 2.29. The molecule has 4 nitrogen and oxygen atoms in total. The van der Waals surface area contributed by atoms with Crippen LogP contribution in [0, 0.1) is 0 Å². The third-order valence-corrected chi connectivity index (χ3v) is 4.61. The summed E-state index contributed by atoms with van der Waals surface area (Å²) in [7, 11) is 0. The second kappa shape index (κ2) is 5.56. The van der Waals surface area contributed by atoms with Crippen LogP contribution in [-0.4, -0.2) is 11.7 Å². The second-order valence-corrected chi connectivity index (χ2v) is 6.09. The van der Waals surface area contributed by atoms with Gasteiger partial charge in [0.15, 0.2) is 0 Å². The van der Waals surface area contributed by atoms with Crippen molar-refractivity contribution < 1.29 is 14.4 Å². The maximum absolute atomic E-state index is 12.2. The van der Waals surface area contributed by atoms with Gasteiger partial charge in [-0.1, -0.05) is 36.4 Å². The lowest BCUT2D eigenvalue weighted by molar-refractivity contribution is -0.929. The number of fused-ring (bicyclic) bond motifs is 2. The number of rotatable bonds is 2. The van der Waals surface area contributed by atoms with Crippen LogP contribution in [0.1, 0.15) is 16.7 Å². The van der Waals surface area contributed by atoms with Gasteiger partial charge in [-0.05, 0) is 17.7 Å². The average molecular weight is 308 g/mol. The highest BCUT2D eigenvalue weighted by molar-refractivity contribution is 5.83. The first-order chi connectivity index (χ1) is 11.2. The molecule has 0 aliphatic carbocycles. The molecule has 1 aliphatic rings. The molecule has 1 aromatic heterocycles. The molecule has 4 heteroatoms. The first kappa shape index (κ1) is 14.0. The van der Waals surface area contributed by atoms with E-state index in [0.717, 1.165) is 19.5 Å². The molecular weight excluding hydrogens is 290 g/mol. The van der Waals surface area contributed by atoms with Crippen molar-refractivity contribution in [2.75, 3.05) is 6.54 Å². The van der Waals surface area contributed by atoms with E-state index in [9.17, 15) is 9.90 Å². The molecule has 23 heavy (non-hydrogen) atoms. The van der Waals surface area contributed by atoms with Crippen molar-refractivity contribution in [3.05, 3.63) is 75.6 Å². The van der Waals surface area contributed by atoms with Crippen LogP contribution in [-0.2, 0) is 19.5 Å². The van der Waals surface area contributed by atoms with Crippen LogP contribution in [0.3, 0.4) is 0 Å². The Bertz CT molecular complexity index is 929. The zero-order chi connectivity index (χ0) is 15.8. The highest BCUT2D eigenvalue weighted by atomic mass is 16.4. The van der Waals surface area contributed by atoms with E-state index in [2.05, 4.69) is 18.2 Å². The predicted octanol–water partition coefficient (Wildman–Crippen LogP) is 1.64. The molecule has 3 aromatic rings. The summed E-state index contributed by atoms with van der Waals surface area (Å²) in [5, 5.41) is 11.1. The summed E-state index contributed by atoms with van der Waals surface area (Å²) >= 11 is 0. The molecule has 2 aromatic carbocycles. The minimum absolute atomic E-state index is 0.0585. The molecule has 2 heterocycles. The van der Waals surface area contributed by atoms with Gasteiger partial charge in [-0.15, -0.1) is 0 Å². The van der Waals surface area contributed by atoms with Crippen molar-refractivity contribution in [2.24, 2.45) is 0 Å². The van der Waals surface area contributed by atoms with Gasteiger partial charge in [-0.2, -0.15) is 0 Å². The zero-order valence-corrected chi connectivity index (χ0v) is 12.7. The van der Waals surface area contributed by atoms with Gasteiger partial charge in [0.25, 0.3) is 0 Å². The molecule has 0 saturated carbocycles. The molecule has 4 rings (SSSR count). The summed E-state index contributed by atoms with van der Waals surface area (Å²) in [6, 6.07) is 15.5. The lowest BCUT2D eigenvalue weighted by Gasteiger charge is -2.25. The molecule has 0 fully saturated rings. The van der Waals surface area contributed by atoms with Crippen LogP contribution in [0.2, 0.25) is 0 Å². The second-order valence-electron chi connectivity index (χ2n) is 6.09. The van der Waals surface area contributed by atoms with Crippen LogP contribution in [0.15, 0.2) is 57.7 Å². The minimum Gasteiger partial charge on any atom is -0.506 e. The van der Waals surface area contributed by atoms with E-state index in [0.29, 0.717) is 23.1 Å². The fourth-order valence-electron chi connectivity index (χ4n) is 3.37. The number of hydrogen-bond acceptors (Lipinski definition) is 3. The molecule has 1 aliphatic heterocycles. The van der Waals surface area contributed by atoms with E-state index in [-0.39, 0.29) is 5.75 Å². The summed E-state index contributed by atoms with van der Waals surface area (Å²) in [5.74, 6) is 0.0585. The van der Waals surface area contributed by atoms with Gasteiger partial charge in [-0.3, -0.25) is 0 Å². The van der Waals surface area contributed by atoms with E-state index < -0.39 is 5.63 Å². The largest absolute Gasteiger partial charge is 0.506 e. The van der Waals surface area contributed by atoms with Crippen LogP contribution in [0.5, 0.6) is 5.75 Å². The van der Waals surface area contributed by atoms with Crippen molar-refractivity contribution in [1.29, 1.82) is 0 Å². The van der Waals surface area contributed by atoms with Gasteiger partial charge in [0, 0.05) is 12.0 Å². The number of hydrogen-bond donors (Lipinski definition) is 2. The first-order valence-corrected chi connectivity index (χ1v) is 7.86. The highest BCUT2D eigenvalue weighted by Crippen LogP contribution is 2.25. The standard InChI is InChI=1S/C19H17NO3/c21-18-15-7-3-4-8-17(15)23-19(22)16(18)12-20-10-9-13-5-1-2-6-14(13)11-20/h1-8,21H,9-12H2/p+1. The molecule has 0 bridgehead atoms. The number of nitrogens with one attached hydrogen (secondary N) is 1. The number of aromatic hydroxyl groups is 1. The van der Waals surface area contributed by atoms with E-state index in [1.807, 2.05) is 12.1 Å². The fourth-order valence-corrected chi connectivity index (χ4v) is 3.37. The zero-order valence-electron chi connectivity index (χ0n) is 12.7. The lowest BCUT2D eigenvalue weighted by Crippen LogP contribution is -3.10. The van der Waals surface area contributed by atoms with Crippen molar-refractivity contribution in [2.45, 2.75) is 19.5 Å². The maximum atomic E-state index is 12.2. The normalized spacial score (nSPS) is 17.1. The highest BCUT2D eigenvalue weighted by Gasteiger charge is 2.23. The Labute approximate surface area is 133 Å². The third-order valence-electron chi connectivity index (χ3n) is 4.61. The Balaban J connectivity index is 1.68. The molecule has 1 atom stereocenters. The number of quaternary nitrogens is 1. The van der Waals surface area contributed by atoms with Gasteiger partial charge in [0.1, 0.15) is 30.0 Å². The lowest BCUT2D eigenvalue weighted by atomic mass is 9.99. The summed E-state index contributed by atoms with van der Waals surface area (Å²) in [4.78, 5) is 13.5. The van der Waals surface area contributed by atoms with Crippen LogP contribution in [0.25, 0.3) is 11.0 Å². The quantitative estimate of drug-likeness (QED) is 0.708. The van der Waals surface area contributed by atoms with Crippen LogP contribution >= 0.6 is 0 Å². The minimum atomic E-state index is -0.437. The third kappa shape index (κ3) is 2.51. The Morgan fingerprint density at radius 2 is 1.78 bits per heavy atom. The Morgan fingerprint density at radius 1 is 1.04 bits per heavy atom. The van der Waals surface area contributed by atoms with E-state index >= 15 is 0 Å². The molecule has 0 saturated heterocycles. The van der Waals surface area contributed by atoms with Gasteiger partial charge < -0.3 is 14.4 Å². The fraction of sp³-hybridized carbons (Fsp3) is 0.211. The van der Waals surface area contributed by atoms with Crippen molar-refractivity contribution in [3.8, 4) is 5.75 Å². The Morgan fingerprint density at radius 3 is 2.65 bits per heavy atom.